The van der Waals surface area contributed by atoms with E-state index in [0.29, 0.717) is 66.6 Å². The molecular weight excluding hydrogens is 468 g/mol. The van der Waals surface area contributed by atoms with Crippen molar-refractivity contribution in [1.82, 2.24) is 19.4 Å². The largest absolute Gasteiger partial charge is 0.393 e. The number of nitrogens with one attached hydrogen (secondary N) is 2. The number of pyridine rings is 3. The van der Waals surface area contributed by atoms with Gasteiger partial charge in [-0.05, 0) is 86.2 Å². The van der Waals surface area contributed by atoms with Crippen molar-refractivity contribution in [3.8, 4) is 0 Å². The SMILES string of the molecule is CCn1ccc2cc(Nc3cc(C)ccn3)nc(Nc3ccc(C(=O)N4CCC(O)CC4)cc3)c2c1=O. The Morgan fingerprint density at radius 3 is 2.51 bits per heavy atom. The maximum Gasteiger partial charge on any atom is 0.262 e. The Balaban J connectivity index is 1.46. The lowest BCUT2D eigenvalue weighted by Crippen LogP contribution is -2.40. The molecule has 1 amide bonds. The van der Waals surface area contributed by atoms with E-state index < -0.39 is 0 Å². The number of anilines is 4. The average molecular weight is 499 g/mol. The van der Waals surface area contributed by atoms with Crippen LogP contribution in [0.5, 0.6) is 0 Å². The van der Waals surface area contributed by atoms with E-state index in [-0.39, 0.29) is 17.6 Å². The van der Waals surface area contributed by atoms with Gasteiger partial charge in [-0.1, -0.05) is 0 Å². The van der Waals surface area contributed by atoms with Gasteiger partial charge in [-0.2, -0.15) is 0 Å². The van der Waals surface area contributed by atoms with Crippen LogP contribution >= 0.6 is 0 Å². The van der Waals surface area contributed by atoms with Crippen molar-refractivity contribution in [2.45, 2.75) is 39.3 Å². The van der Waals surface area contributed by atoms with E-state index >= 15 is 0 Å². The van der Waals surface area contributed by atoms with Gasteiger partial charge >= 0.3 is 0 Å². The Morgan fingerprint density at radius 1 is 1.05 bits per heavy atom. The van der Waals surface area contributed by atoms with Gasteiger partial charge in [0.15, 0.2) is 0 Å². The molecule has 3 N–H and O–H groups in total. The number of carbonyl (C=O) groups is 1. The summed E-state index contributed by atoms with van der Waals surface area (Å²) in [7, 11) is 0. The molecule has 3 aromatic heterocycles. The normalized spacial score (nSPS) is 14.1. The second-order valence-corrected chi connectivity index (χ2v) is 9.30. The monoisotopic (exact) mass is 498 g/mol. The summed E-state index contributed by atoms with van der Waals surface area (Å²) in [6, 6.07) is 14.7. The number of benzene rings is 1. The number of hydrogen-bond acceptors (Lipinski definition) is 7. The van der Waals surface area contributed by atoms with Crippen molar-refractivity contribution in [2.24, 2.45) is 0 Å². The Hall–Kier alpha value is -4.24. The number of aromatic nitrogens is 3. The van der Waals surface area contributed by atoms with Crippen LogP contribution in [0.1, 0.15) is 35.7 Å². The van der Waals surface area contributed by atoms with E-state index in [1.54, 1.807) is 34.0 Å². The molecule has 1 aliphatic rings. The van der Waals surface area contributed by atoms with Crippen LogP contribution in [-0.2, 0) is 6.54 Å². The van der Waals surface area contributed by atoms with Crippen LogP contribution < -0.4 is 16.2 Å². The standard InChI is InChI=1S/C28H30N6O3/c1-3-33-13-9-20-17-24(31-23-16-18(2)8-12-29-23)32-26(25(20)28(33)37)30-21-6-4-19(5-7-21)27(36)34-14-10-22(35)11-15-34/h4-9,12-13,16-17,22,35H,3,10-11,14-15H2,1-2H3,(H2,29,30,31,32). The van der Waals surface area contributed by atoms with Gasteiger partial charge in [0.1, 0.15) is 17.5 Å². The summed E-state index contributed by atoms with van der Waals surface area (Å²) in [5, 5.41) is 17.5. The minimum absolute atomic E-state index is 0.0512. The zero-order valence-corrected chi connectivity index (χ0v) is 20.9. The second-order valence-electron chi connectivity index (χ2n) is 9.30. The predicted octanol–water partition coefficient (Wildman–Crippen LogP) is 4.20. The first-order valence-corrected chi connectivity index (χ1v) is 12.5. The molecule has 1 fully saturated rings. The average Bonchev–Trinajstić information content (AvgIpc) is 2.89. The van der Waals surface area contributed by atoms with Crippen LogP contribution in [0, 0.1) is 6.92 Å². The van der Waals surface area contributed by atoms with E-state index in [9.17, 15) is 14.7 Å². The van der Waals surface area contributed by atoms with Crippen molar-refractivity contribution < 1.29 is 9.90 Å². The van der Waals surface area contributed by atoms with Crippen LogP contribution in [0.3, 0.4) is 0 Å². The van der Waals surface area contributed by atoms with Crippen molar-refractivity contribution in [3.63, 3.8) is 0 Å². The molecule has 5 rings (SSSR count). The van der Waals surface area contributed by atoms with Crippen LogP contribution in [0.25, 0.3) is 10.8 Å². The first-order chi connectivity index (χ1) is 17.9. The molecule has 0 radical (unpaired) electrons. The molecule has 1 aliphatic heterocycles. The van der Waals surface area contributed by atoms with E-state index in [1.165, 1.54) is 0 Å². The quantitative estimate of drug-likeness (QED) is 0.365. The van der Waals surface area contributed by atoms with Crippen molar-refractivity contribution in [2.75, 3.05) is 23.7 Å². The highest BCUT2D eigenvalue weighted by molar-refractivity contribution is 5.96. The Bertz CT molecular complexity index is 1490. The summed E-state index contributed by atoms with van der Waals surface area (Å²) in [6.45, 7) is 5.56. The highest BCUT2D eigenvalue weighted by Crippen LogP contribution is 2.27. The van der Waals surface area contributed by atoms with Crippen LogP contribution in [0.2, 0.25) is 0 Å². The van der Waals surface area contributed by atoms with Crippen LogP contribution in [-0.4, -0.2) is 49.6 Å². The molecule has 9 nitrogen and oxygen atoms in total. The zero-order chi connectivity index (χ0) is 25.9. The summed E-state index contributed by atoms with van der Waals surface area (Å²) in [4.78, 5) is 36.9. The number of carbonyl (C=O) groups excluding carboxylic acids is 1. The highest BCUT2D eigenvalue weighted by atomic mass is 16.3. The number of aryl methyl sites for hydroxylation is 2. The lowest BCUT2D eigenvalue weighted by molar-refractivity contribution is 0.0546. The molecular formula is C28H30N6O3. The second kappa shape index (κ2) is 10.4. The van der Waals surface area contributed by atoms with E-state index in [1.807, 2.05) is 50.2 Å². The summed E-state index contributed by atoms with van der Waals surface area (Å²) < 4.78 is 1.64. The number of fused-ring (bicyclic) bond motifs is 1. The van der Waals surface area contributed by atoms with Gasteiger partial charge in [0.25, 0.3) is 11.5 Å². The molecule has 0 atom stereocenters. The minimum atomic E-state index is -0.331. The van der Waals surface area contributed by atoms with E-state index in [0.717, 1.165) is 10.9 Å². The molecule has 0 saturated carbocycles. The number of likely N-dealkylation sites (tertiary alicyclic amines) is 1. The lowest BCUT2D eigenvalue weighted by atomic mass is 10.1. The fourth-order valence-electron chi connectivity index (χ4n) is 4.53. The van der Waals surface area contributed by atoms with Gasteiger partial charge in [-0.25, -0.2) is 9.97 Å². The molecule has 4 heterocycles. The van der Waals surface area contributed by atoms with Crippen LogP contribution in [0.4, 0.5) is 23.1 Å². The Labute approximate surface area is 214 Å². The molecule has 1 aromatic carbocycles. The molecule has 0 spiro atoms. The summed E-state index contributed by atoms with van der Waals surface area (Å²) >= 11 is 0. The van der Waals surface area contributed by atoms with Gasteiger partial charge in [0.2, 0.25) is 0 Å². The molecule has 1 saturated heterocycles. The van der Waals surface area contributed by atoms with Gasteiger partial charge in [-0.3, -0.25) is 9.59 Å². The van der Waals surface area contributed by atoms with Crippen LogP contribution in [0.15, 0.2) is 65.7 Å². The number of nitrogens with zero attached hydrogens (tertiary/aromatic N) is 4. The smallest absolute Gasteiger partial charge is 0.262 e. The fourth-order valence-corrected chi connectivity index (χ4v) is 4.53. The van der Waals surface area contributed by atoms with Crippen molar-refractivity contribution in [1.29, 1.82) is 0 Å². The third kappa shape index (κ3) is 5.31. The molecule has 0 bridgehead atoms. The molecule has 190 valence electrons. The number of amides is 1. The molecule has 0 aliphatic carbocycles. The van der Waals surface area contributed by atoms with Crippen molar-refractivity contribution >= 4 is 39.8 Å². The van der Waals surface area contributed by atoms with Gasteiger partial charge in [-0.15, -0.1) is 0 Å². The topological polar surface area (TPSA) is 112 Å². The van der Waals surface area contributed by atoms with E-state index in [4.69, 9.17) is 4.98 Å². The number of rotatable bonds is 6. The Morgan fingerprint density at radius 2 is 1.81 bits per heavy atom. The third-order valence-electron chi connectivity index (χ3n) is 6.62. The lowest BCUT2D eigenvalue weighted by Gasteiger charge is -2.29. The minimum Gasteiger partial charge on any atom is -0.393 e. The van der Waals surface area contributed by atoms with Gasteiger partial charge in [0.05, 0.1) is 11.5 Å². The molecule has 37 heavy (non-hydrogen) atoms. The Kier molecular flexibility index (Phi) is 6.87. The first-order valence-electron chi connectivity index (χ1n) is 12.5. The molecule has 0 unspecified atom stereocenters. The summed E-state index contributed by atoms with van der Waals surface area (Å²) in [6.07, 6.45) is 4.38. The summed E-state index contributed by atoms with van der Waals surface area (Å²) in [5.74, 6) is 1.59. The summed E-state index contributed by atoms with van der Waals surface area (Å²) in [5.41, 5.74) is 2.22. The first kappa shape index (κ1) is 24.5. The van der Waals surface area contributed by atoms with E-state index in [2.05, 4.69) is 15.6 Å². The number of piperidine rings is 1. The van der Waals surface area contributed by atoms with Gasteiger partial charge < -0.3 is 25.2 Å². The van der Waals surface area contributed by atoms with Crippen molar-refractivity contribution in [3.05, 3.63) is 82.4 Å². The highest BCUT2D eigenvalue weighted by Gasteiger charge is 2.22. The number of hydrogen-bond donors (Lipinski definition) is 3. The number of aliphatic hydroxyl groups excluding tert-OH is 1. The van der Waals surface area contributed by atoms with Gasteiger partial charge in [0, 0.05) is 43.3 Å². The number of aliphatic hydroxyl groups is 1. The maximum absolute atomic E-state index is 13.2. The molecule has 9 heteroatoms. The maximum atomic E-state index is 13.2. The fraction of sp³-hybridized carbons (Fsp3) is 0.286. The molecule has 4 aromatic rings. The zero-order valence-electron chi connectivity index (χ0n) is 20.9. The predicted molar refractivity (Wildman–Crippen MR) is 145 cm³/mol. The third-order valence-corrected chi connectivity index (χ3v) is 6.62.